The zero-order chi connectivity index (χ0) is 10.7. The van der Waals surface area contributed by atoms with Crippen LogP contribution in [0.2, 0.25) is 0 Å². The van der Waals surface area contributed by atoms with Crippen molar-refractivity contribution in [2.75, 3.05) is 0 Å². The first kappa shape index (κ1) is 10.0. The van der Waals surface area contributed by atoms with Gasteiger partial charge in [0, 0.05) is 17.3 Å². The Balaban J connectivity index is 2.46. The van der Waals surface area contributed by atoms with Gasteiger partial charge in [0.25, 0.3) is 0 Å². The molecule has 4 heteroatoms. The molecule has 76 valence electrons. The van der Waals surface area contributed by atoms with E-state index in [2.05, 4.69) is 4.98 Å². The van der Waals surface area contributed by atoms with E-state index in [4.69, 9.17) is 0 Å². The molecule has 1 aromatic heterocycles. The lowest BCUT2D eigenvalue weighted by Gasteiger charge is -2.07. The quantitative estimate of drug-likeness (QED) is 0.724. The summed E-state index contributed by atoms with van der Waals surface area (Å²) in [5.74, 6) is 0. The van der Waals surface area contributed by atoms with Gasteiger partial charge >= 0.3 is 0 Å². The van der Waals surface area contributed by atoms with Gasteiger partial charge in [-0.25, -0.2) is 0 Å². The van der Waals surface area contributed by atoms with Crippen molar-refractivity contribution in [3.63, 3.8) is 0 Å². The van der Waals surface area contributed by atoms with Crippen LogP contribution in [0.15, 0.2) is 53.7 Å². The average molecular weight is 218 g/mol. The first-order valence-corrected chi connectivity index (χ1v) is 5.44. The van der Waals surface area contributed by atoms with Gasteiger partial charge in [-0.05, 0) is 46.5 Å². The molecule has 0 saturated heterocycles. The van der Waals surface area contributed by atoms with Crippen LogP contribution in [-0.2, 0) is 11.1 Å². The molecule has 15 heavy (non-hydrogen) atoms. The molecule has 2 rings (SSSR count). The molecule has 2 aromatic rings. The summed E-state index contributed by atoms with van der Waals surface area (Å²) in [5.41, 5.74) is 1.83. The topological polar surface area (TPSA) is 53.0 Å². The van der Waals surface area contributed by atoms with E-state index in [9.17, 15) is 8.76 Å². The van der Waals surface area contributed by atoms with Crippen LogP contribution >= 0.6 is 0 Å². The molecule has 0 aliphatic carbocycles. The van der Waals surface area contributed by atoms with Crippen LogP contribution in [0, 0.1) is 0 Å². The number of nitrogens with zero attached hydrogens (tertiary/aromatic N) is 1. The third kappa shape index (κ3) is 2.29. The van der Waals surface area contributed by atoms with Gasteiger partial charge in [-0.15, -0.1) is 0 Å². The Morgan fingerprint density at radius 3 is 2.47 bits per heavy atom. The van der Waals surface area contributed by atoms with Crippen LogP contribution < -0.4 is 0 Å². The van der Waals surface area contributed by atoms with E-state index >= 15 is 0 Å². The number of hydrogen-bond acceptors (Lipinski definition) is 3. The molecule has 0 N–H and O–H groups in total. The monoisotopic (exact) mass is 218 g/mol. The summed E-state index contributed by atoms with van der Waals surface area (Å²) in [7, 11) is 0. The maximum Gasteiger partial charge on any atom is 0.0273 e. The van der Waals surface area contributed by atoms with Gasteiger partial charge in [-0.3, -0.25) is 9.19 Å². The lowest BCUT2D eigenvalue weighted by atomic mass is 10.1. The molecule has 0 radical (unpaired) electrons. The van der Waals surface area contributed by atoms with E-state index in [0.29, 0.717) is 4.90 Å². The normalized spacial score (nSPS) is 12.3. The SMILES string of the molecule is O=S([O-])c1cccc(-c2ccncc2)c1. The van der Waals surface area contributed by atoms with E-state index in [1.807, 2.05) is 18.2 Å². The Morgan fingerprint density at radius 1 is 1.07 bits per heavy atom. The van der Waals surface area contributed by atoms with E-state index in [-0.39, 0.29) is 0 Å². The summed E-state index contributed by atoms with van der Waals surface area (Å²) in [4.78, 5) is 4.20. The van der Waals surface area contributed by atoms with Crippen molar-refractivity contribution in [1.29, 1.82) is 0 Å². The van der Waals surface area contributed by atoms with Gasteiger partial charge in [0.05, 0.1) is 0 Å². The summed E-state index contributed by atoms with van der Waals surface area (Å²) in [6.07, 6.45) is 3.35. The second-order valence-corrected chi connectivity index (χ2v) is 3.94. The fraction of sp³-hybridized carbons (Fsp3) is 0. The summed E-state index contributed by atoms with van der Waals surface area (Å²) in [5, 5.41) is 0. The van der Waals surface area contributed by atoms with Gasteiger partial charge in [-0.1, -0.05) is 12.1 Å². The minimum absolute atomic E-state index is 0.296. The van der Waals surface area contributed by atoms with Crippen molar-refractivity contribution >= 4 is 11.1 Å². The smallest absolute Gasteiger partial charge is 0.0273 e. The van der Waals surface area contributed by atoms with Crippen LogP contribution in [0.1, 0.15) is 0 Å². The van der Waals surface area contributed by atoms with Crippen LogP contribution in [-0.4, -0.2) is 13.7 Å². The zero-order valence-corrected chi connectivity index (χ0v) is 8.61. The lowest BCUT2D eigenvalue weighted by Crippen LogP contribution is -1.88. The second kappa shape index (κ2) is 4.33. The van der Waals surface area contributed by atoms with Crippen molar-refractivity contribution in [2.45, 2.75) is 4.90 Å². The predicted octanol–water partition coefficient (Wildman–Crippen LogP) is 1.99. The number of aromatic nitrogens is 1. The van der Waals surface area contributed by atoms with Crippen LogP contribution in [0.4, 0.5) is 0 Å². The third-order valence-electron chi connectivity index (χ3n) is 2.04. The fourth-order valence-corrected chi connectivity index (χ4v) is 1.74. The number of benzene rings is 1. The molecular formula is C11H8NO2S-. The van der Waals surface area contributed by atoms with Crippen LogP contribution in [0.3, 0.4) is 0 Å². The molecule has 1 aromatic carbocycles. The number of pyridine rings is 1. The standard InChI is InChI=1S/C11H9NO2S/c13-15(14)11-3-1-2-10(8-11)9-4-6-12-7-5-9/h1-8H,(H,13,14)/p-1. The Kier molecular flexibility index (Phi) is 2.89. The highest BCUT2D eigenvalue weighted by molar-refractivity contribution is 7.79. The summed E-state index contributed by atoms with van der Waals surface area (Å²) < 4.78 is 21.5. The largest absolute Gasteiger partial charge is 0.768 e. The minimum atomic E-state index is -2.18. The van der Waals surface area contributed by atoms with E-state index in [0.717, 1.165) is 11.1 Å². The minimum Gasteiger partial charge on any atom is -0.768 e. The molecule has 0 aliphatic rings. The molecule has 0 fully saturated rings. The maximum absolute atomic E-state index is 10.8. The van der Waals surface area contributed by atoms with E-state index < -0.39 is 11.1 Å². The first-order valence-electron chi connectivity index (χ1n) is 4.37. The second-order valence-electron chi connectivity index (χ2n) is 3.00. The molecule has 1 unspecified atom stereocenters. The van der Waals surface area contributed by atoms with Crippen molar-refractivity contribution in [3.05, 3.63) is 48.8 Å². The third-order valence-corrected chi connectivity index (χ3v) is 2.68. The van der Waals surface area contributed by atoms with Crippen LogP contribution in [0.25, 0.3) is 11.1 Å². The highest BCUT2D eigenvalue weighted by Gasteiger charge is 1.98. The van der Waals surface area contributed by atoms with Crippen LogP contribution in [0.5, 0.6) is 0 Å². The van der Waals surface area contributed by atoms with E-state index in [1.54, 1.807) is 30.6 Å². The first-order chi connectivity index (χ1) is 7.27. The molecule has 1 heterocycles. The maximum atomic E-state index is 10.8. The summed E-state index contributed by atoms with van der Waals surface area (Å²) >= 11 is -2.18. The number of rotatable bonds is 2. The molecule has 0 bridgehead atoms. The van der Waals surface area contributed by atoms with Gasteiger partial charge in [0.1, 0.15) is 0 Å². The summed E-state index contributed by atoms with van der Waals surface area (Å²) in [6.45, 7) is 0. The molecule has 0 aliphatic heterocycles. The number of hydrogen-bond donors (Lipinski definition) is 0. The van der Waals surface area contributed by atoms with Crippen molar-refractivity contribution in [2.24, 2.45) is 0 Å². The molecule has 0 spiro atoms. The Labute approximate surface area is 90.1 Å². The molecule has 1 atom stereocenters. The molecule has 0 saturated carbocycles. The van der Waals surface area contributed by atoms with Gasteiger partial charge in [-0.2, -0.15) is 0 Å². The molecule has 0 amide bonds. The molecule has 3 nitrogen and oxygen atoms in total. The highest BCUT2D eigenvalue weighted by Crippen LogP contribution is 2.20. The predicted molar refractivity (Wildman–Crippen MR) is 56.9 cm³/mol. The van der Waals surface area contributed by atoms with Gasteiger partial charge in [0.15, 0.2) is 0 Å². The van der Waals surface area contributed by atoms with E-state index in [1.165, 1.54) is 0 Å². The average Bonchev–Trinajstić information content (AvgIpc) is 2.30. The van der Waals surface area contributed by atoms with Crippen molar-refractivity contribution < 1.29 is 8.76 Å². The Morgan fingerprint density at radius 2 is 1.80 bits per heavy atom. The summed E-state index contributed by atoms with van der Waals surface area (Å²) in [6, 6.07) is 10.5. The Bertz CT molecular complexity index is 485. The zero-order valence-electron chi connectivity index (χ0n) is 7.79. The van der Waals surface area contributed by atoms with Crippen molar-refractivity contribution in [1.82, 2.24) is 4.98 Å². The highest BCUT2D eigenvalue weighted by atomic mass is 32.2. The van der Waals surface area contributed by atoms with Gasteiger partial charge in [0.2, 0.25) is 0 Å². The van der Waals surface area contributed by atoms with Gasteiger partial charge < -0.3 is 4.55 Å². The fourth-order valence-electron chi connectivity index (χ4n) is 1.32. The molecular weight excluding hydrogens is 210 g/mol. The Hall–Kier alpha value is -1.52. The lowest BCUT2D eigenvalue weighted by molar-refractivity contribution is 0.537. The van der Waals surface area contributed by atoms with Crippen molar-refractivity contribution in [3.8, 4) is 11.1 Å².